The third kappa shape index (κ3) is 2.63. The fourth-order valence-electron chi connectivity index (χ4n) is 3.11. The summed E-state index contributed by atoms with van der Waals surface area (Å²) in [6.07, 6.45) is 3.26. The first-order valence-corrected chi connectivity index (χ1v) is 6.92. The Morgan fingerprint density at radius 1 is 1.32 bits per heavy atom. The fourth-order valence-corrected chi connectivity index (χ4v) is 3.11. The Balaban J connectivity index is 1.51. The van der Waals surface area contributed by atoms with Crippen molar-refractivity contribution >= 4 is 5.91 Å². The third-order valence-corrected chi connectivity index (χ3v) is 4.49. The van der Waals surface area contributed by atoms with E-state index < -0.39 is 0 Å². The molecule has 19 heavy (non-hydrogen) atoms. The largest absolute Gasteiger partial charge is 0.352 e. The lowest BCUT2D eigenvalue weighted by atomic mass is 9.92. The van der Waals surface area contributed by atoms with E-state index in [1.54, 1.807) is 12.1 Å². The van der Waals surface area contributed by atoms with Gasteiger partial charge in [0.2, 0.25) is 5.91 Å². The molecule has 1 aliphatic carbocycles. The number of amides is 1. The maximum absolute atomic E-state index is 12.8. The van der Waals surface area contributed by atoms with Crippen LogP contribution in [0, 0.1) is 17.2 Å². The molecule has 102 valence electrons. The zero-order valence-electron chi connectivity index (χ0n) is 10.9. The summed E-state index contributed by atoms with van der Waals surface area (Å²) in [7, 11) is 0. The first-order valence-electron chi connectivity index (χ1n) is 6.92. The van der Waals surface area contributed by atoms with E-state index in [0.29, 0.717) is 6.54 Å². The summed E-state index contributed by atoms with van der Waals surface area (Å²) < 4.78 is 12.8. The van der Waals surface area contributed by atoms with Crippen LogP contribution >= 0.6 is 0 Å². The molecule has 1 saturated heterocycles. The second kappa shape index (κ2) is 4.93. The molecule has 1 atom stereocenters. The summed E-state index contributed by atoms with van der Waals surface area (Å²) >= 11 is 0. The summed E-state index contributed by atoms with van der Waals surface area (Å²) in [4.78, 5) is 12.1. The van der Waals surface area contributed by atoms with Gasteiger partial charge in [-0.15, -0.1) is 0 Å². The first kappa shape index (κ1) is 12.6. The van der Waals surface area contributed by atoms with Gasteiger partial charge in [0.25, 0.3) is 0 Å². The number of carbonyl (C=O) groups excluding carboxylic acids is 1. The molecule has 1 saturated carbocycles. The van der Waals surface area contributed by atoms with Gasteiger partial charge in [0.15, 0.2) is 0 Å². The first-order chi connectivity index (χ1) is 9.20. The molecular formula is C15H19FN2O. The minimum Gasteiger partial charge on any atom is -0.352 e. The maximum atomic E-state index is 12.8. The van der Waals surface area contributed by atoms with Crippen molar-refractivity contribution in [2.45, 2.75) is 25.8 Å². The smallest absolute Gasteiger partial charge is 0.223 e. The molecule has 1 amide bonds. The van der Waals surface area contributed by atoms with E-state index in [4.69, 9.17) is 0 Å². The van der Waals surface area contributed by atoms with Gasteiger partial charge in [0.05, 0.1) is 0 Å². The number of nitrogens with one attached hydrogen (secondary N) is 2. The molecule has 0 bridgehead atoms. The van der Waals surface area contributed by atoms with Crippen LogP contribution in [0.2, 0.25) is 0 Å². The molecule has 0 aromatic heterocycles. The highest BCUT2D eigenvalue weighted by molar-refractivity contribution is 5.82. The van der Waals surface area contributed by atoms with E-state index in [0.717, 1.165) is 37.9 Å². The monoisotopic (exact) mass is 262 g/mol. The molecule has 2 aliphatic rings. The molecule has 2 N–H and O–H groups in total. The number of benzene rings is 1. The quantitative estimate of drug-likeness (QED) is 0.872. The lowest BCUT2D eigenvalue weighted by Gasteiger charge is -2.23. The lowest BCUT2D eigenvalue weighted by molar-refractivity contribution is -0.123. The SMILES string of the molecule is O=C(NCc1ccc(F)cc1)C1CC12CCNCC2. The predicted molar refractivity (Wildman–Crippen MR) is 70.9 cm³/mol. The van der Waals surface area contributed by atoms with Crippen LogP contribution in [-0.4, -0.2) is 19.0 Å². The topological polar surface area (TPSA) is 41.1 Å². The van der Waals surface area contributed by atoms with Gasteiger partial charge in [-0.2, -0.15) is 0 Å². The summed E-state index contributed by atoms with van der Waals surface area (Å²) in [5.74, 6) is 0.104. The highest BCUT2D eigenvalue weighted by atomic mass is 19.1. The summed E-state index contributed by atoms with van der Waals surface area (Å²) in [5, 5.41) is 6.31. The molecule has 1 spiro atoms. The van der Waals surface area contributed by atoms with Gasteiger partial charge in [0, 0.05) is 12.5 Å². The predicted octanol–water partition coefficient (Wildman–Crippen LogP) is 1.83. The molecule has 0 radical (unpaired) electrons. The number of rotatable bonds is 3. The number of hydrogen-bond donors (Lipinski definition) is 2. The molecule has 2 fully saturated rings. The van der Waals surface area contributed by atoms with Gasteiger partial charge in [0.1, 0.15) is 5.82 Å². The van der Waals surface area contributed by atoms with Crippen LogP contribution in [0.15, 0.2) is 24.3 Å². The van der Waals surface area contributed by atoms with E-state index in [1.807, 2.05) is 0 Å². The van der Waals surface area contributed by atoms with Crippen molar-refractivity contribution in [3.05, 3.63) is 35.6 Å². The van der Waals surface area contributed by atoms with Crippen LogP contribution in [0.3, 0.4) is 0 Å². The van der Waals surface area contributed by atoms with Crippen molar-refractivity contribution in [3.8, 4) is 0 Å². The van der Waals surface area contributed by atoms with Gasteiger partial charge in [-0.05, 0) is 55.5 Å². The number of carbonyl (C=O) groups is 1. The molecule has 1 aromatic rings. The van der Waals surface area contributed by atoms with Crippen molar-refractivity contribution in [1.29, 1.82) is 0 Å². The van der Waals surface area contributed by atoms with E-state index in [9.17, 15) is 9.18 Å². The molecule has 3 nitrogen and oxygen atoms in total. The van der Waals surface area contributed by atoms with Gasteiger partial charge in [-0.1, -0.05) is 12.1 Å². The number of hydrogen-bond acceptors (Lipinski definition) is 2. The number of halogens is 1. The highest BCUT2D eigenvalue weighted by Gasteiger charge is 2.57. The van der Waals surface area contributed by atoms with Crippen LogP contribution in [0.4, 0.5) is 4.39 Å². The molecule has 1 heterocycles. The van der Waals surface area contributed by atoms with Gasteiger partial charge >= 0.3 is 0 Å². The van der Waals surface area contributed by atoms with Crippen LogP contribution in [-0.2, 0) is 11.3 Å². The highest BCUT2D eigenvalue weighted by Crippen LogP contribution is 2.58. The van der Waals surface area contributed by atoms with E-state index >= 15 is 0 Å². The Morgan fingerprint density at radius 2 is 2.00 bits per heavy atom. The van der Waals surface area contributed by atoms with E-state index in [-0.39, 0.29) is 23.1 Å². The van der Waals surface area contributed by atoms with Crippen molar-refractivity contribution in [1.82, 2.24) is 10.6 Å². The van der Waals surface area contributed by atoms with Crippen molar-refractivity contribution in [2.24, 2.45) is 11.3 Å². The average molecular weight is 262 g/mol. The zero-order chi connectivity index (χ0) is 13.3. The second-order valence-electron chi connectivity index (χ2n) is 5.71. The van der Waals surface area contributed by atoms with E-state index in [1.165, 1.54) is 12.1 Å². The average Bonchev–Trinajstić information content (AvgIpc) is 3.12. The summed E-state index contributed by atoms with van der Waals surface area (Å²) in [6, 6.07) is 6.27. The minimum absolute atomic E-state index is 0.159. The Kier molecular flexibility index (Phi) is 3.27. The van der Waals surface area contributed by atoms with Crippen LogP contribution in [0.1, 0.15) is 24.8 Å². The van der Waals surface area contributed by atoms with Gasteiger partial charge in [-0.25, -0.2) is 4.39 Å². The van der Waals surface area contributed by atoms with Crippen LogP contribution in [0.25, 0.3) is 0 Å². The molecule has 4 heteroatoms. The van der Waals surface area contributed by atoms with Crippen molar-refractivity contribution in [2.75, 3.05) is 13.1 Å². The van der Waals surface area contributed by atoms with Crippen molar-refractivity contribution in [3.63, 3.8) is 0 Å². The Morgan fingerprint density at radius 3 is 2.68 bits per heavy atom. The molecule has 1 unspecified atom stereocenters. The second-order valence-corrected chi connectivity index (χ2v) is 5.71. The van der Waals surface area contributed by atoms with Crippen LogP contribution in [0.5, 0.6) is 0 Å². The van der Waals surface area contributed by atoms with Crippen LogP contribution < -0.4 is 10.6 Å². The van der Waals surface area contributed by atoms with Gasteiger partial charge in [-0.3, -0.25) is 4.79 Å². The summed E-state index contributed by atoms with van der Waals surface area (Å²) in [6.45, 7) is 2.55. The fraction of sp³-hybridized carbons (Fsp3) is 0.533. The summed E-state index contributed by atoms with van der Waals surface area (Å²) in [5.41, 5.74) is 1.22. The Labute approximate surface area is 112 Å². The maximum Gasteiger partial charge on any atom is 0.223 e. The molecule has 1 aliphatic heterocycles. The minimum atomic E-state index is -0.245. The third-order valence-electron chi connectivity index (χ3n) is 4.49. The standard InChI is InChI=1S/C15H19FN2O/c16-12-3-1-11(2-4-12)10-18-14(19)13-9-15(13)5-7-17-8-6-15/h1-4,13,17H,5-10H2,(H,18,19). The van der Waals surface area contributed by atoms with E-state index in [2.05, 4.69) is 10.6 Å². The zero-order valence-corrected chi connectivity index (χ0v) is 10.9. The van der Waals surface area contributed by atoms with Crippen molar-refractivity contribution < 1.29 is 9.18 Å². The molecule has 3 rings (SSSR count). The Bertz CT molecular complexity index is 466. The van der Waals surface area contributed by atoms with Gasteiger partial charge < -0.3 is 10.6 Å². The normalized spacial score (nSPS) is 24.2. The Hall–Kier alpha value is -1.42. The lowest BCUT2D eigenvalue weighted by Crippen LogP contribution is -2.33. The molecule has 1 aromatic carbocycles. The number of piperidine rings is 1. The molecular weight excluding hydrogens is 243 g/mol.